The van der Waals surface area contributed by atoms with Gasteiger partial charge in [0, 0.05) is 11.6 Å². The summed E-state index contributed by atoms with van der Waals surface area (Å²) in [6.07, 6.45) is 13.0. The van der Waals surface area contributed by atoms with Crippen LogP contribution < -0.4 is 10.6 Å². The van der Waals surface area contributed by atoms with Gasteiger partial charge < -0.3 is 10.6 Å². The first-order valence-electron chi connectivity index (χ1n) is 9.29. The molecule has 2 amide bonds. The molecular weight excluding hydrogens is 260 g/mol. The van der Waals surface area contributed by atoms with Crippen molar-refractivity contribution in [1.29, 1.82) is 0 Å². The number of amides is 2. The second-order valence-electron chi connectivity index (χ2n) is 7.78. The van der Waals surface area contributed by atoms with Gasteiger partial charge in [0.2, 0.25) is 0 Å². The Labute approximate surface area is 129 Å². The van der Waals surface area contributed by atoms with Crippen LogP contribution in [-0.4, -0.2) is 17.6 Å². The maximum atomic E-state index is 12.3. The predicted octanol–water partition coefficient (Wildman–Crippen LogP) is 4.22. The lowest BCUT2D eigenvalue weighted by Gasteiger charge is -2.56. The third-order valence-electron chi connectivity index (χ3n) is 6.11. The molecule has 0 aromatic rings. The normalized spacial score (nSPS) is 40.6. The first-order chi connectivity index (χ1) is 10.2. The van der Waals surface area contributed by atoms with Gasteiger partial charge >= 0.3 is 6.03 Å². The van der Waals surface area contributed by atoms with E-state index in [-0.39, 0.29) is 11.6 Å². The highest BCUT2D eigenvalue weighted by Crippen LogP contribution is 2.55. The van der Waals surface area contributed by atoms with Crippen molar-refractivity contribution >= 4 is 6.03 Å². The molecule has 21 heavy (non-hydrogen) atoms. The van der Waals surface area contributed by atoms with Crippen molar-refractivity contribution in [2.75, 3.05) is 0 Å². The molecular formula is C18H32N2O. The standard InChI is InChI=1S/C16H26N2O.C2H6/c19-15(17-14-3-1-2-4-14)18-16-8-11-5-12(9-16)7-13(6-11)10-16;1-2/h11-14H,1-10H2,(H2,17,18,19);1-2H3. The average Bonchev–Trinajstić information content (AvgIpc) is 2.91. The maximum absolute atomic E-state index is 12.3. The van der Waals surface area contributed by atoms with E-state index in [1.807, 2.05) is 13.8 Å². The van der Waals surface area contributed by atoms with E-state index in [9.17, 15) is 4.79 Å². The summed E-state index contributed by atoms with van der Waals surface area (Å²) < 4.78 is 0. The third-order valence-corrected chi connectivity index (χ3v) is 6.11. The summed E-state index contributed by atoms with van der Waals surface area (Å²) in [5, 5.41) is 6.61. The molecule has 0 atom stereocenters. The topological polar surface area (TPSA) is 41.1 Å². The highest BCUT2D eigenvalue weighted by molar-refractivity contribution is 5.75. The molecule has 0 unspecified atom stereocenters. The minimum atomic E-state index is 0.119. The Balaban J connectivity index is 0.000000636. The SMILES string of the molecule is CC.O=C(NC1CCCC1)NC12CC3CC(CC(C3)C1)C2. The van der Waals surface area contributed by atoms with Crippen LogP contribution in [0.4, 0.5) is 4.79 Å². The third kappa shape index (κ3) is 3.22. The van der Waals surface area contributed by atoms with Gasteiger partial charge in [-0.3, -0.25) is 0 Å². The van der Waals surface area contributed by atoms with E-state index in [2.05, 4.69) is 10.6 Å². The smallest absolute Gasteiger partial charge is 0.315 e. The van der Waals surface area contributed by atoms with E-state index in [0.717, 1.165) is 17.8 Å². The summed E-state index contributed by atoms with van der Waals surface area (Å²) in [5.74, 6) is 2.70. The van der Waals surface area contributed by atoms with Gasteiger partial charge in [-0.25, -0.2) is 4.79 Å². The predicted molar refractivity (Wildman–Crippen MR) is 86.2 cm³/mol. The lowest BCUT2D eigenvalue weighted by molar-refractivity contribution is -0.0136. The average molecular weight is 292 g/mol. The van der Waals surface area contributed by atoms with Gasteiger partial charge in [0.1, 0.15) is 0 Å². The molecule has 5 fully saturated rings. The van der Waals surface area contributed by atoms with Crippen molar-refractivity contribution in [2.45, 2.75) is 89.6 Å². The minimum absolute atomic E-state index is 0.119. The van der Waals surface area contributed by atoms with Crippen molar-refractivity contribution in [1.82, 2.24) is 10.6 Å². The van der Waals surface area contributed by atoms with Gasteiger partial charge in [-0.05, 0) is 69.1 Å². The molecule has 0 heterocycles. The van der Waals surface area contributed by atoms with E-state index in [0.29, 0.717) is 6.04 Å². The number of urea groups is 1. The number of nitrogens with one attached hydrogen (secondary N) is 2. The molecule has 5 aliphatic carbocycles. The molecule has 0 spiro atoms. The summed E-state index contributed by atoms with van der Waals surface area (Å²) >= 11 is 0. The molecule has 4 bridgehead atoms. The molecule has 5 aliphatic rings. The number of carbonyl (C=O) groups is 1. The zero-order chi connectivity index (χ0) is 14.9. The Morgan fingerprint density at radius 3 is 1.86 bits per heavy atom. The second-order valence-corrected chi connectivity index (χ2v) is 7.78. The van der Waals surface area contributed by atoms with Crippen LogP contribution in [0.15, 0.2) is 0 Å². The monoisotopic (exact) mass is 292 g/mol. The van der Waals surface area contributed by atoms with Crippen molar-refractivity contribution in [3.8, 4) is 0 Å². The Bertz CT molecular complexity index is 338. The number of rotatable bonds is 2. The zero-order valence-electron chi connectivity index (χ0n) is 13.8. The number of hydrogen-bond donors (Lipinski definition) is 2. The zero-order valence-corrected chi connectivity index (χ0v) is 13.8. The van der Waals surface area contributed by atoms with Crippen LogP contribution >= 0.6 is 0 Å². The highest BCUT2D eigenvalue weighted by Gasteiger charge is 2.51. The molecule has 5 rings (SSSR count). The van der Waals surface area contributed by atoms with Gasteiger partial charge in [-0.2, -0.15) is 0 Å². The number of hydrogen-bond acceptors (Lipinski definition) is 1. The van der Waals surface area contributed by atoms with Crippen molar-refractivity contribution in [3.05, 3.63) is 0 Å². The molecule has 0 radical (unpaired) electrons. The van der Waals surface area contributed by atoms with E-state index in [1.165, 1.54) is 64.2 Å². The van der Waals surface area contributed by atoms with Crippen LogP contribution in [0.2, 0.25) is 0 Å². The van der Waals surface area contributed by atoms with E-state index in [1.54, 1.807) is 0 Å². The van der Waals surface area contributed by atoms with Gasteiger partial charge in [-0.1, -0.05) is 26.7 Å². The van der Waals surface area contributed by atoms with Gasteiger partial charge in [-0.15, -0.1) is 0 Å². The van der Waals surface area contributed by atoms with Crippen molar-refractivity contribution in [3.63, 3.8) is 0 Å². The fraction of sp³-hybridized carbons (Fsp3) is 0.944. The highest BCUT2D eigenvalue weighted by atomic mass is 16.2. The van der Waals surface area contributed by atoms with Crippen LogP contribution in [0.25, 0.3) is 0 Å². The Hall–Kier alpha value is -0.730. The lowest BCUT2D eigenvalue weighted by Crippen LogP contribution is -2.62. The van der Waals surface area contributed by atoms with Gasteiger partial charge in [0.15, 0.2) is 0 Å². The second kappa shape index (κ2) is 6.18. The summed E-state index contributed by atoms with van der Waals surface area (Å²) in [6.45, 7) is 4.00. The van der Waals surface area contributed by atoms with Crippen molar-refractivity contribution in [2.24, 2.45) is 17.8 Å². The van der Waals surface area contributed by atoms with Crippen LogP contribution in [0.1, 0.15) is 78.1 Å². The fourth-order valence-corrected chi connectivity index (χ4v) is 5.80. The molecule has 2 N–H and O–H groups in total. The molecule has 0 aromatic heterocycles. The van der Waals surface area contributed by atoms with E-state index >= 15 is 0 Å². The summed E-state index contributed by atoms with van der Waals surface area (Å²) in [4.78, 5) is 12.3. The molecule has 120 valence electrons. The summed E-state index contributed by atoms with van der Waals surface area (Å²) in [6, 6.07) is 0.558. The van der Waals surface area contributed by atoms with Crippen LogP contribution in [0.5, 0.6) is 0 Å². The first-order valence-corrected chi connectivity index (χ1v) is 9.29. The van der Waals surface area contributed by atoms with E-state index < -0.39 is 0 Å². The molecule has 5 saturated carbocycles. The molecule has 0 aromatic carbocycles. The Morgan fingerprint density at radius 2 is 1.38 bits per heavy atom. The summed E-state index contributed by atoms with van der Waals surface area (Å²) in [7, 11) is 0. The molecule has 3 nitrogen and oxygen atoms in total. The minimum Gasteiger partial charge on any atom is -0.335 e. The molecule has 0 aliphatic heterocycles. The maximum Gasteiger partial charge on any atom is 0.315 e. The van der Waals surface area contributed by atoms with E-state index in [4.69, 9.17) is 0 Å². The molecule has 0 saturated heterocycles. The van der Waals surface area contributed by atoms with Gasteiger partial charge in [0.05, 0.1) is 0 Å². The lowest BCUT2D eigenvalue weighted by atomic mass is 9.53. The van der Waals surface area contributed by atoms with Crippen LogP contribution in [0, 0.1) is 17.8 Å². The van der Waals surface area contributed by atoms with Crippen LogP contribution in [0.3, 0.4) is 0 Å². The Kier molecular flexibility index (Phi) is 4.46. The quantitative estimate of drug-likeness (QED) is 0.786. The first kappa shape index (κ1) is 15.2. The summed E-state index contributed by atoms with van der Waals surface area (Å²) in [5.41, 5.74) is 0.164. The fourth-order valence-electron chi connectivity index (χ4n) is 5.80. The molecule has 3 heteroatoms. The Morgan fingerprint density at radius 1 is 0.905 bits per heavy atom. The number of carbonyl (C=O) groups excluding carboxylic acids is 1. The van der Waals surface area contributed by atoms with Crippen molar-refractivity contribution < 1.29 is 4.79 Å². The van der Waals surface area contributed by atoms with Crippen LogP contribution in [-0.2, 0) is 0 Å². The van der Waals surface area contributed by atoms with Gasteiger partial charge in [0.25, 0.3) is 0 Å². The largest absolute Gasteiger partial charge is 0.335 e.